The maximum absolute atomic E-state index is 11.1. The molecule has 0 radical (unpaired) electrons. The van der Waals surface area contributed by atoms with Gasteiger partial charge in [-0.05, 0) is 45.6 Å². The second-order valence-corrected chi connectivity index (χ2v) is 4.39. The average molecular weight is 236 g/mol. The first-order chi connectivity index (χ1) is 8.02. The van der Waals surface area contributed by atoms with Gasteiger partial charge < -0.3 is 15.3 Å². The summed E-state index contributed by atoms with van der Waals surface area (Å²) < 4.78 is 0. The summed E-state index contributed by atoms with van der Waals surface area (Å²) >= 11 is 0. The zero-order valence-corrected chi connectivity index (χ0v) is 10.7. The Morgan fingerprint density at radius 3 is 2.71 bits per heavy atom. The van der Waals surface area contributed by atoms with Gasteiger partial charge in [0.1, 0.15) is 0 Å². The van der Waals surface area contributed by atoms with Crippen molar-refractivity contribution in [1.82, 2.24) is 4.90 Å². The van der Waals surface area contributed by atoms with Crippen molar-refractivity contribution in [2.75, 3.05) is 32.5 Å². The van der Waals surface area contributed by atoms with E-state index in [1.54, 1.807) is 12.1 Å². The minimum absolute atomic E-state index is 0.342. The highest BCUT2D eigenvalue weighted by molar-refractivity contribution is 5.95. The van der Waals surface area contributed by atoms with Crippen molar-refractivity contribution >= 4 is 11.7 Å². The van der Waals surface area contributed by atoms with Crippen molar-refractivity contribution in [3.8, 4) is 0 Å². The molecule has 1 aromatic carbocycles. The van der Waals surface area contributed by atoms with Crippen LogP contribution in [-0.4, -0.2) is 43.2 Å². The van der Waals surface area contributed by atoms with E-state index in [4.69, 9.17) is 5.11 Å². The summed E-state index contributed by atoms with van der Waals surface area (Å²) in [5.74, 6) is -0.885. The largest absolute Gasteiger partial charge is 0.478 e. The van der Waals surface area contributed by atoms with Gasteiger partial charge in [0.25, 0.3) is 0 Å². The van der Waals surface area contributed by atoms with E-state index in [0.29, 0.717) is 5.56 Å². The zero-order valence-electron chi connectivity index (χ0n) is 10.7. The van der Waals surface area contributed by atoms with Crippen LogP contribution in [0.15, 0.2) is 18.2 Å². The Labute approximate surface area is 102 Å². The number of nitrogens with zero attached hydrogens (tertiary/aromatic N) is 1. The van der Waals surface area contributed by atoms with Crippen molar-refractivity contribution in [3.05, 3.63) is 29.3 Å². The van der Waals surface area contributed by atoms with Crippen LogP contribution < -0.4 is 5.32 Å². The van der Waals surface area contributed by atoms with E-state index in [1.165, 1.54) is 0 Å². The fourth-order valence-corrected chi connectivity index (χ4v) is 1.69. The first kappa shape index (κ1) is 13.5. The number of carboxylic acids is 1. The topological polar surface area (TPSA) is 52.6 Å². The predicted molar refractivity (Wildman–Crippen MR) is 69.8 cm³/mol. The molecule has 1 rings (SSSR count). The average Bonchev–Trinajstić information content (AvgIpc) is 2.25. The van der Waals surface area contributed by atoms with Gasteiger partial charge in [0.2, 0.25) is 0 Å². The molecular weight excluding hydrogens is 216 g/mol. The van der Waals surface area contributed by atoms with Crippen LogP contribution >= 0.6 is 0 Å². The second kappa shape index (κ2) is 6.25. The first-order valence-electron chi connectivity index (χ1n) is 5.74. The lowest BCUT2D eigenvalue weighted by Gasteiger charge is -2.14. The van der Waals surface area contributed by atoms with Crippen LogP contribution in [-0.2, 0) is 0 Å². The number of nitrogens with one attached hydrogen (secondary N) is 1. The lowest BCUT2D eigenvalue weighted by Crippen LogP contribution is -2.17. The van der Waals surface area contributed by atoms with Gasteiger partial charge in [-0.25, -0.2) is 4.79 Å². The van der Waals surface area contributed by atoms with Gasteiger partial charge in [-0.1, -0.05) is 12.1 Å². The summed E-state index contributed by atoms with van der Waals surface area (Å²) in [5, 5.41) is 12.3. The molecule has 0 heterocycles. The van der Waals surface area contributed by atoms with E-state index in [-0.39, 0.29) is 0 Å². The summed E-state index contributed by atoms with van der Waals surface area (Å²) in [6.45, 7) is 3.69. The molecule has 0 saturated carbocycles. The highest BCUT2D eigenvalue weighted by Gasteiger charge is 2.10. The SMILES string of the molecule is Cc1cccc(C(=O)O)c1NCCCN(C)C. The van der Waals surface area contributed by atoms with Crippen molar-refractivity contribution < 1.29 is 9.90 Å². The Balaban J connectivity index is 2.66. The Morgan fingerprint density at radius 1 is 1.41 bits per heavy atom. The van der Waals surface area contributed by atoms with Crippen LogP contribution in [0.5, 0.6) is 0 Å². The maximum atomic E-state index is 11.1. The Kier molecular flexibility index (Phi) is 4.97. The molecule has 4 nitrogen and oxygen atoms in total. The quantitative estimate of drug-likeness (QED) is 0.742. The fourth-order valence-electron chi connectivity index (χ4n) is 1.69. The number of carbonyl (C=O) groups is 1. The first-order valence-corrected chi connectivity index (χ1v) is 5.74. The number of rotatable bonds is 6. The van der Waals surface area contributed by atoms with Crippen LogP contribution in [0, 0.1) is 6.92 Å². The molecule has 0 unspecified atom stereocenters. The summed E-state index contributed by atoms with van der Waals surface area (Å²) in [5.41, 5.74) is 2.04. The number of aromatic carboxylic acids is 1. The molecule has 0 bridgehead atoms. The molecule has 0 aliphatic rings. The molecule has 0 atom stereocenters. The Hall–Kier alpha value is -1.55. The normalized spacial score (nSPS) is 10.6. The van der Waals surface area contributed by atoms with E-state index < -0.39 is 5.97 Å². The molecule has 0 saturated heterocycles. The third-order valence-electron chi connectivity index (χ3n) is 2.59. The third-order valence-corrected chi connectivity index (χ3v) is 2.59. The van der Waals surface area contributed by atoms with E-state index in [2.05, 4.69) is 10.2 Å². The van der Waals surface area contributed by atoms with Gasteiger partial charge in [0, 0.05) is 6.54 Å². The predicted octanol–water partition coefficient (Wildman–Crippen LogP) is 2.06. The number of anilines is 1. The number of aryl methyl sites for hydroxylation is 1. The second-order valence-electron chi connectivity index (χ2n) is 4.39. The lowest BCUT2D eigenvalue weighted by atomic mass is 10.1. The molecule has 94 valence electrons. The molecule has 0 spiro atoms. The van der Waals surface area contributed by atoms with E-state index in [1.807, 2.05) is 27.1 Å². The monoisotopic (exact) mass is 236 g/mol. The summed E-state index contributed by atoms with van der Waals surface area (Å²) in [4.78, 5) is 13.2. The summed E-state index contributed by atoms with van der Waals surface area (Å²) in [6.07, 6.45) is 0.987. The fraction of sp³-hybridized carbons (Fsp3) is 0.462. The van der Waals surface area contributed by atoms with Crippen LogP contribution in [0.3, 0.4) is 0 Å². The summed E-state index contributed by atoms with van der Waals surface area (Å²) in [6, 6.07) is 5.31. The molecule has 0 aliphatic heterocycles. The van der Waals surface area contributed by atoms with Gasteiger partial charge >= 0.3 is 5.97 Å². The highest BCUT2D eigenvalue weighted by Crippen LogP contribution is 2.20. The Morgan fingerprint density at radius 2 is 2.12 bits per heavy atom. The van der Waals surface area contributed by atoms with Crippen LogP contribution in [0.2, 0.25) is 0 Å². The van der Waals surface area contributed by atoms with Gasteiger partial charge in [-0.2, -0.15) is 0 Å². The molecule has 0 fully saturated rings. The molecule has 4 heteroatoms. The minimum Gasteiger partial charge on any atom is -0.478 e. The maximum Gasteiger partial charge on any atom is 0.337 e. The Bertz CT molecular complexity index is 389. The highest BCUT2D eigenvalue weighted by atomic mass is 16.4. The lowest BCUT2D eigenvalue weighted by molar-refractivity contribution is 0.0698. The standard InChI is InChI=1S/C13H20N2O2/c1-10-6-4-7-11(13(16)17)12(10)14-8-5-9-15(2)3/h4,6-7,14H,5,8-9H2,1-3H3,(H,16,17). The molecule has 0 aliphatic carbocycles. The molecule has 2 N–H and O–H groups in total. The van der Waals surface area contributed by atoms with E-state index in [9.17, 15) is 4.79 Å². The van der Waals surface area contributed by atoms with Crippen LogP contribution in [0.25, 0.3) is 0 Å². The van der Waals surface area contributed by atoms with E-state index in [0.717, 1.165) is 30.8 Å². The van der Waals surface area contributed by atoms with Crippen LogP contribution in [0.4, 0.5) is 5.69 Å². The van der Waals surface area contributed by atoms with Crippen molar-refractivity contribution in [3.63, 3.8) is 0 Å². The minimum atomic E-state index is -0.885. The van der Waals surface area contributed by atoms with Crippen LogP contribution in [0.1, 0.15) is 22.3 Å². The number of benzene rings is 1. The number of hydrogen-bond acceptors (Lipinski definition) is 3. The van der Waals surface area contributed by atoms with Gasteiger partial charge in [-0.3, -0.25) is 0 Å². The molecular formula is C13H20N2O2. The van der Waals surface area contributed by atoms with Crippen molar-refractivity contribution in [1.29, 1.82) is 0 Å². The van der Waals surface area contributed by atoms with E-state index >= 15 is 0 Å². The van der Waals surface area contributed by atoms with Crippen molar-refractivity contribution in [2.24, 2.45) is 0 Å². The number of para-hydroxylation sites is 1. The zero-order chi connectivity index (χ0) is 12.8. The van der Waals surface area contributed by atoms with Crippen molar-refractivity contribution in [2.45, 2.75) is 13.3 Å². The number of hydrogen-bond donors (Lipinski definition) is 2. The van der Waals surface area contributed by atoms with Gasteiger partial charge in [-0.15, -0.1) is 0 Å². The number of carboxylic acid groups (broad SMARTS) is 1. The molecule has 0 amide bonds. The molecule has 1 aromatic rings. The smallest absolute Gasteiger partial charge is 0.337 e. The molecule has 0 aromatic heterocycles. The molecule has 17 heavy (non-hydrogen) atoms. The summed E-state index contributed by atoms with van der Waals surface area (Å²) in [7, 11) is 4.05. The van der Waals surface area contributed by atoms with Gasteiger partial charge in [0.05, 0.1) is 11.3 Å². The van der Waals surface area contributed by atoms with Gasteiger partial charge in [0.15, 0.2) is 0 Å². The third kappa shape index (κ3) is 4.07.